The van der Waals surface area contributed by atoms with Crippen LogP contribution < -0.4 is 5.73 Å². The molecule has 7 nitrogen and oxygen atoms in total. The quantitative estimate of drug-likeness (QED) is 0.260. The van der Waals surface area contributed by atoms with Gasteiger partial charge in [-0.05, 0) is 7.05 Å². The van der Waals surface area contributed by atoms with Crippen molar-refractivity contribution in [3.63, 3.8) is 0 Å². The maximum absolute atomic E-state index is 8.34. The van der Waals surface area contributed by atoms with Crippen molar-refractivity contribution in [2.75, 3.05) is 40.3 Å². The molecule has 14 heavy (non-hydrogen) atoms. The van der Waals surface area contributed by atoms with E-state index >= 15 is 0 Å². The number of hydrogen-bond donors (Lipinski definition) is 6. The molecular formula is C7H20N2O5. The van der Waals surface area contributed by atoms with Gasteiger partial charge in [-0.3, -0.25) is 4.90 Å². The number of nitrogens with zero attached hydrogens (tertiary/aromatic N) is 1. The Balaban J connectivity index is 0. The molecule has 0 aromatic carbocycles. The van der Waals surface area contributed by atoms with Gasteiger partial charge in [0.25, 0.3) is 0 Å². The molecule has 0 fully saturated rings. The van der Waals surface area contributed by atoms with Gasteiger partial charge in [0.2, 0.25) is 0 Å². The first-order chi connectivity index (χ1) is 6.49. The van der Waals surface area contributed by atoms with Crippen LogP contribution in [0.1, 0.15) is 0 Å². The van der Waals surface area contributed by atoms with Crippen LogP contribution in [0.25, 0.3) is 0 Å². The molecule has 0 radical (unpaired) electrons. The smallest absolute Gasteiger partial charge is 0.0971 e. The van der Waals surface area contributed by atoms with Gasteiger partial charge in [0.1, 0.15) is 0 Å². The van der Waals surface area contributed by atoms with Gasteiger partial charge in [0.15, 0.2) is 0 Å². The number of nitrogens with two attached hydrogens (primary N) is 1. The third kappa shape index (κ3) is 8.32. The molecule has 0 spiro atoms. The molecule has 88 valence electrons. The Bertz CT molecular complexity index is 108. The average Bonchev–Trinajstić information content (AvgIpc) is 2.27. The molecular weight excluding hydrogens is 192 g/mol. The van der Waals surface area contributed by atoms with Crippen LogP contribution in [0, 0.1) is 0 Å². The lowest BCUT2D eigenvalue weighted by Crippen LogP contribution is -2.50. The standard InChI is InChI=1S/C4H11NO3.C3H9NO2/c5-4(1-6,2-7)3-8;1-4(2-5)3-6/h6-8H,1-3,5H2;5-6H,2-3H2,1H3. The van der Waals surface area contributed by atoms with Gasteiger partial charge in [-0.25, -0.2) is 0 Å². The second-order valence-corrected chi connectivity index (χ2v) is 2.98. The van der Waals surface area contributed by atoms with Crippen molar-refractivity contribution >= 4 is 0 Å². The molecule has 7 N–H and O–H groups in total. The Morgan fingerprint density at radius 2 is 1.21 bits per heavy atom. The Morgan fingerprint density at radius 3 is 1.21 bits per heavy atom. The minimum Gasteiger partial charge on any atom is -0.394 e. The van der Waals surface area contributed by atoms with Crippen LogP contribution in [0.3, 0.4) is 0 Å². The molecule has 7 heteroatoms. The van der Waals surface area contributed by atoms with E-state index in [1.807, 2.05) is 0 Å². The van der Waals surface area contributed by atoms with Crippen molar-refractivity contribution in [3.05, 3.63) is 0 Å². The second kappa shape index (κ2) is 9.28. The molecule has 0 aliphatic rings. The summed E-state index contributed by atoms with van der Waals surface area (Å²) in [6, 6.07) is 0. The van der Waals surface area contributed by atoms with Crippen molar-refractivity contribution in [1.82, 2.24) is 4.90 Å². The molecule has 0 saturated heterocycles. The van der Waals surface area contributed by atoms with Crippen LogP contribution in [-0.2, 0) is 0 Å². The van der Waals surface area contributed by atoms with Crippen LogP contribution in [-0.4, -0.2) is 76.3 Å². The molecule has 0 aromatic rings. The summed E-state index contributed by atoms with van der Waals surface area (Å²) >= 11 is 0. The van der Waals surface area contributed by atoms with Crippen molar-refractivity contribution in [2.45, 2.75) is 5.54 Å². The van der Waals surface area contributed by atoms with E-state index in [1.54, 1.807) is 7.05 Å². The lowest BCUT2D eigenvalue weighted by molar-refractivity contribution is 0.0512. The molecule has 0 rings (SSSR count). The van der Waals surface area contributed by atoms with E-state index in [2.05, 4.69) is 0 Å². The summed E-state index contributed by atoms with van der Waals surface area (Å²) in [4.78, 5) is 1.36. The van der Waals surface area contributed by atoms with E-state index in [4.69, 9.17) is 31.3 Å². The summed E-state index contributed by atoms with van der Waals surface area (Å²) < 4.78 is 0. The molecule has 0 heterocycles. The first-order valence-electron chi connectivity index (χ1n) is 4.01. The second-order valence-electron chi connectivity index (χ2n) is 2.98. The summed E-state index contributed by atoms with van der Waals surface area (Å²) in [5, 5.41) is 41.2. The van der Waals surface area contributed by atoms with E-state index < -0.39 is 25.4 Å². The van der Waals surface area contributed by atoms with Gasteiger partial charge in [-0.15, -0.1) is 0 Å². The Morgan fingerprint density at radius 1 is 0.929 bits per heavy atom. The normalized spacial score (nSPS) is 11.1. The lowest BCUT2D eigenvalue weighted by Gasteiger charge is -2.20. The summed E-state index contributed by atoms with van der Waals surface area (Å²) in [6.45, 7) is -1.38. The molecule has 0 aliphatic carbocycles. The summed E-state index contributed by atoms with van der Waals surface area (Å²) in [5.41, 5.74) is 3.94. The van der Waals surface area contributed by atoms with E-state index in [9.17, 15) is 0 Å². The highest BCUT2D eigenvalue weighted by molar-refractivity contribution is 4.80. The Labute approximate surface area is 83.0 Å². The van der Waals surface area contributed by atoms with Gasteiger partial charge < -0.3 is 31.3 Å². The van der Waals surface area contributed by atoms with Gasteiger partial charge in [0.05, 0.1) is 38.8 Å². The van der Waals surface area contributed by atoms with Crippen LogP contribution in [0.2, 0.25) is 0 Å². The van der Waals surface area contributed by atoms with Crippen LogP contribution in [0.15, 0.2) is 0 Å². The highest BCUT2D eigenvalue weighted by atomic mass is 16.3. The third-order valence-corrected chi connectivity index (χ3v) is 1.43. The Kier molecular flexibility index (Phi) is 10.7. The first kappa shape index (κ1) is 16.2. The maximum atomic E-state index is 8.34. The van der Waals surface area contributed by atoms with Gasteiger partial charge in [-0.1, -0.05) is 0 Å². The topological polar surface area (TPSA) is 130 Å². The SMILES string of the molecule is CN(CO)CO.NC(CO)(CO)CO. The number of aliphatic hydroxyl groups is 5. The minimum absolute atomic E-state index is 0.0868. The van der Waals surface area contributed by atoms with E-state index in [0.29, 0.717) is 0 Å². The fourth-order valence-electron chi connectivity index (χ4n) is 0.195. The number of rotatable bonds is 5. The highest BCUT2D eigenvalue weighted by Gasteiger charge is 2.20. The molecule has 0 aliphatic heterocycles. The van der Waals surface area contributed by atoms with Crippen LogP contribution >= 0.6 is 0 Å². The predicted octanol–water partition coefficient (Wildman–Crippen LogP) is -3.52. The summed E-state index contributed by atoms with van der Waals surface area (Å²) in [6.07, 6.45) is 0. The number of hydrogen-bond acceptors (Lipinski definition) is 7. The molecule has 0 aromatic heterocycles. The highest BCUT2D eigenvalue weighted by Crippen LogP contribution is 1.93. The van der Waals surface area contributed by atoms with Crippen molar-refractivity contribution in [1.29, 1.82) is 0 Å². The fourth-order valence-corrected chi connectivity index (χ4v) is 0.195. The molecule has 0 saturated carbocycles. The molecule has 0 unspecified atom stereocenters. The van der Waals surface area contributed by atoms with Crippen molar-refractivity contribution < 1.29 is 25.5 Å². The van der Waals surface area contributed by atoms with E-state index in [1.165, 1.54) is 4.90 Å². The largest absolute Gasteiger partial charge is 0.394 e. The summed E-state index contributed by atoms with van der Waals surface area (Å²) in [5.74, 6) is 0. The predicted molar refractivity (Wildman–Crippen MR) is 50.1 cm³/mol. The molecule has 0 atom stereocenters. The zero-order chi connectivity index (χ0) is 11.6. The maximum Gasteiger partial charge on any atom is 0.0971 e. The zero-order valence-corrected chi connectivity index (χ0v) is 8.30. The van der Waals surface area contributed by atoms with E-state index in [-0.39, 0.29) is 13.5 Å². The van der Waals surface area contributed by atoms with Crippen molar-refractivity contribution in [3.8, 4) is 0 Å². The minimum atomic E-state index is -1.21. The molecule has 0 bridgehead atoms. The average molecular weight is 212 g/mol. The fraction of sp³-hybridized carbons (Fsp3) is 1.00. The summed E-state index contributed by atoms with van der Waals surface area (Å²) in [7, 11) is 1.61. The number of aliphatic hydroxyl groups excluding tert-OH is 5. The third-order valence-electron chi connectivity index (χ3n) is 1.43. The monoisotopic (exact) mass is 212 g/mol. The zero-order valence-electron chi connectivity index (χ0n) is 8.30. The van der Waals surface area contributed by atoms with Crippen LogP contribution in [0.4, 0.5) is 0 Å². The van der Waals surface area contributed by atoms with E-state index in [0.717, 1.165) is 0 Å². The van der Waals surface area contributed by atoms with Gasteiger partial charge in [0, 0.05) is 0 Å². The van der Waals surface area contributed by atoms with Gasteiger partial charge in [-0.2, -0.15) is 0 Å². The Hall–Kier alpha value is -0.280. The van der Waals surface area contributed by atoms with Gasteiger partial charge >= 0.3 is 0 Å². The van der Waals surface area contributed by atoms with Crippen LogP contribution in [0.5, 0.6) is 0 Å². The lowest BCUT2D eigenvalue weighted by atomic mass is 10.1. The first-order valence-corrected chi connectivity index (χ1v) is 4.01. The van der Waals surface area contributed by atoms with Crippen molar-refractivity contribution in [2.24, 2.45) is 5.73 Å². The molecule has 0 amide bonds.